The van der Waals surface area contributed by atoms with Crippen molar-refractivity contribution in [3.8, 4) is 23.0 Å². The van der Waals surface area contributed by atoms with Gasteiger partial charge in [-0.1, -0.05) is 0 Å². The van der Waals surface area contributed by atoms with Gasteiger partial charge in [-0.2, -0.15) is 26.3 Å². The molecule has 3 aromatic rings. The number of carbonyl (C=O) groups is 2. The van der Waals surface area contributed by atoms with Gasteiger partial charge in [0.2, 0.25) is 0 Å². The minimum Gasteiger partial charge on any atom is -0.493 e. The molecule has 214 valence electrons. The lowest BCUT2D eigenvalue weighted by molar-refractivity contribution is -0.274. The quantitative estimate of drug-likeness (QED) is 0.321. The van der Waals surface area contributed by atoms with Gasteiger partial charge in [0.15, 0.2) is 11.5 Å². The lowest BCUT2D eigenvalue weighted by atomic mass is 10.0. The van der Waals surface area contributed by atoms with Gasteiger partial charge in [-0.15, -0.1) is 13.2 Å². The van der Waals surface area contributed by atoms with Gasteiger partial charge in [-0.3, -0.25) is 14.6 Å². The average molecular weight is 586 g/mol. The van der Waals surface area contributed by atoms with Crippen molar-refractivity contribution < 1.29 is 67.4 Å². The second-order valence-corrected chi connectivity index (χ2v) is 7.50. The number of pyridine rings is 1. The third-order valence-electron chi connectivity index (χ3n) is 4.71. The van der Waals surface area contributed by atoms with E-state index in [1.165, 1.54) is 0 Å². The van der Waals surface area contributed by atoms with Crippen molar-refractivity contribution in [2.75, 3.05) is 12.4 Å². The molecule has 2 amide bonds. The SMILES string of the molecule is [2H]C([2H])([2H])Oc1cc(OC(F)(F)F)ccc1Oc1cc(C(F)(F)F)cc(C(F)(F)F)c1C(=O)Nc1ccnc(C(N)=O)c1. The number of anilines is 1. The molecule has 0 saturated heterocycles. The van der Waals surface area contributed by atoms with Crippen molar-refractivity contribution >= 4 is 17.5 Å². The zero-order valence-electron chi connectivity index (χ0n) is 22.1. The summed E-state index contributed by atoms with van der Waals surface area (Å²) in [6, 6.07) is 2.64. The predicted molar refractivity (Wildman–Crippen MR) is 117 cm³/mol. The number of carbonyl (C=O) groups excluding carboxylic acids is 2. The second kappa shape index (κ2) is 10.8. The van der Waals surface area contributed by atoms with E-state index in [1.54, 1.807) is 0 Å². The van der Waals surface area contributed by atoms with Crippen LogP contribution in [0.2, 0.25) is 0 Å². The Labute approximate surface area is 221 Å². The molecule has 1 heterocycles. The van der Waals surface area contributed by atoms with Crippen LogP contribution in [0.3, 0.4) is 0 Å². The Morgan fingerprint density at radius 1 is 0.900 bits per heavy atom. The molecule has 0 bridgehead atoms. The maximum atomic E-state index is 14.0. The predicted octanol–water partition coefficient (Wildman–Crippen LogP) is 6.17. The van der Waals surface area contributed by atoms with Gasteiger partial charge < -0.3 is 25.3 Å². The lowest BCUT2D eigenvalue weighted by Gasteiger charge is -2.21. The summed E-state index contributed by atoms with van der Waals surface area (Å²) in [5.41, 5.74) is -1.49. The molecule has 8 nitrogen and oxygen atoms in total. The van der Waals surface area contributed by atoms with E-state index in [9.17, 15) is 49.1 Å². The van der Waals surface area contributed by atoms with Crippen LogP contribution in [0.15, 0.2) is 48.7 Å². The summed E-state index contributed by atoms with van der Waals surface area (Å²) >= 11 is 0. The fourth-order valence-corrected chi connectivity index (χ4v) is 3.12. The first kappa shape index (κ1) is 25.6. The molecule has 0 atom stereocenters. The molecular formula is C23H14F9N3O5. The first-order valence-corrected chi connectivity index (χ1v) is 10.2. The number of aromatic nitrogens is 1. The number of amides is 2. The van der Waals surface area contributed by atoms with Gasteiger partial charge in [-0.05, 0) is 36.4 Å². The Morgan fingerprint density at radius 3 is 2.17 bits per heavy atom. The van der Waals surface area contributed by atoms with Crippen LogP contribution in [0, 0.1) is 0 Å². The van der Waals surface area contributed by atoms with Gasteiger partial charge >= 0.3 is 18.7 Å². The fraction of sp³-hybridized carbons (Fsp3) is 0.174. The molecule has 0 aliphatic rings. The van der Waals surface area contributed by atoms with Crippen molar-refractivity contribution in [1.29, 1.82) is 0 Å². The topological polar surface area (TPSA) is 113 Å². The first-order valence-electron chi connectivity index (χ1n) is 11.7. The molecule has 40 heavy (non-hydrogen) atoms. The van der Waals surface area contributed by atoms with Crippen molar-refractivity contribution in [3.05, 3.63) is 71.0 Å². The summed E-state index contributed by atoms with van der Waals surface area (Å²) in [4.78, 5) is 28.0. The minimum absolute atomic E-state index is 0.0369. The van der Waals surface area contributed by atoms with E-state index in [0.29, 0.717) is 12.1 Å². The molecule has 0 spiro atoms. The second-order valence-electron chi connectivity index (χ2n) is 7.50. The standard InChI is InChI=1S/C23H14F9N3O5/c1-38-16-9-12(40-23(30,31)32)2-3-15(16)39-17-7-10(21(24,25)26)6-13(22(27,28)29)18(17)20(37)35-11-4-5-34-14(8-11)19(33)36/h2-9H,1H3,(H2,33,36)(H,34,35,37)/i1D3. The zero-order chi connectivity index (χ0) is 32.5. The molecule has 0 aliphatic heterocycles. The smallest absolute Gasteiger partial charge is 0.493 e. The van der Waals surface area contributed by atoms with Gasteiger partial charge in [0, 0.05) is 18.0 Å². The Bertz CT molecular complexity index is 1540. The highest BCUT2D eigenvalue weighted by Crippen LogP contribution is 2.44. The van der Waals surface area contributed by atoms with Gasteiger partial charge in [0.05, 0.1) is 27.8 Å². The number of hydrogen-bond donors (Lipinski definition) is 2. The van der Waals surface area contributed by atoms with Crippen molar-refractivity contribution in [3.63, 3.8) is 0 Å². The number of rotatable bonds is 7. The molecule has 0 radical (unpaired) electrons. The molecule has 0 aliphatic carbocycles. The number of benzene rings is 2. The maximum absolute atomic E-state index is 14.0. The molecule has 2 aromatic carbocycles. The minimum atomic E-state index is -5.63. The number of nitrogens with two attached hydrogens (primary N) is 1. The molecular weight excluding hydrogens is 569 g/mol. The highest BCUT2D eigenvalue weighted by Gasteiger charge is 2.42. The van der Waals surface area contributed by atoms with Crippen molar-refractivity contribution in [2.45, 2.75) is 18.7 Å². The maximum Gasteiger partial charge on any atom is 0.573 e. The van der Waals surface area contributed by atoms with Crippen LogP contribution in [-0.4, -0.2) is 30.2 Å². The van der Waals surface area contributed by atoms with E-state index in [2.05, 4.69) is 14.5 Å². The molecule has 3 rings (SSSR count). The van der Waals surface area contributed by atoms with Crippen LogP contribution in [0.4, 0.5) is 45.2 Å². The van der Waals surface area contributed by atoms with Crippen LogP contribution in [-0.2, 0) is 12.4 Å². The lowest BCUT2D eigenvalue weighted by Crippen LogP contribution is -2.22. The fourth-order valence-electron chi connectivity index (χ4n) is 3.12. The van der Waals surface area contributed by atoms with Crippen LogP contribution < -0.4 is 25.3 Å². The number of methoxy groups -OCH3 is 1. The van der Waals surface area contributed by atoms with Crippen LogP contribution in [0.25, 0.3) is 0 Å². The number of alkyl halides is 9. The third-order valence-corrected chi connectivity index (χ3v) is 4.71. The highest BCUT2D eigenvalue weighted by atomic mass is 19.4. The summed E-state index contributed by atoms with van der Waals surface area (Å²) in [6.45, 7) is 0. The number of nitrogens with one attached hydrogen (secondary N) is 1. The summed E-state index contributed by atoms with van der Waals surface area (Å²) < 4.78 is 156. The number of ether oxygens (including phenoxy) is 3. The van der Waals surface area contributed by atoms with E-state index in [-0.39, 0.29) is 17.8 Å². The summed E-state index contributed by atoms with van der Waals surface area (Å²) in [6.07, 6.45) is -15.5. The highest BCUT2D eigenvalue weighted by molar-refractivity contribution is 6.08. The molecule has 17 heteroatoms. The Kier molecular flexibility index (Phi) is 6.91. The molecule has 1 aromatic heterocycles. The van der Waals surface area contributed by atoms with Gasteiger partial charge in [0.1, 0.15) is 17.2 Å². The van der Waals surface area contributed by atoms with E-state index < -0.39 is 89.0 Å². The Hall–Kier alpha value is -4.70. The Morgan fingerprint density at radius 2 is 1.60 bits per heavy atom. The van der Waals surface area contributed by atoms with E-state index >= 15 is 0 Å². The van der Waals surface area contributed by atoms with Crippen molar-refractivity contribution in [2.24, 2.45) is 5.73 Å². The summed E-state index contributed by atoms with van der Waals surface area (Å²) in [5, 5.41) is 1.92. The molecule has 0 fully saturated rings. The monoisotopic (exact) mass is 586 g/mol. The van der Waals surface area contributed by atoms with Crippen LogP contribution >= 0.6 is 0 Å². The largest absolute Gasteiger partial charge is 0.573 e. The summed E-state index contributed by atoms with van der Waals surface area (Å²) in [7, 11) is -3.42. The van der Waals surface area contributed by atoms with Gasteiger partial charge in [0.25, 0.3) is 11.8 Å². The third kappa shape index (κ3) is 7.23. The summed E-state index contributed by atoms with van der Waals surface area (Å²) in [5.74, 6) is -7.58. The number of primary amides is 1. The number of nitrogens with zero attached hydrogens (tertiary/aromatic N) is 1. The van der Waals surface area contributed by atoms with Crippen LogP contribution in [0.5, 0.6) is 23.0 Å². The molecule has 0 saturated carbocycles. The first-order chi connectivity index (χ1) is 19.5. The number of hydrogen-bond acceptors (Lipinski definition) is 6. The van der Waals surface area contributed by atoms with Gasteiger partial charge in [-0.25, -0.2) is 0 Å². The average Bonchev–Trinajstić information content (AvgIpc) is 2.82. The van der Waals surface area contributed by atoms with Crippen molar-refractivity contribution in [1.82, 2.24) is 4.98 Å². The van der Waals surface area contributed by atoms with E-state index in [4.69, 9.17) is 14.6 Å². The van der Waals surface area contributed by atoms with E-state index in [0.717, 1.165) is 18.3 Å². The van der Waals surface area contributed by atoms with E-state index in [1.807, 2.05) is 5.32 Å². The number of halogens is 9. The normalized spacial score (nSPS) is 13.5. The Balaban J connectivity index is 2.24. The molecule has 3 N–H and O–H groups in total. The molecule has 0 unspecified atom stereocenters. The zero-order valence-corrected chi connectivity index (χ0v) is 19.1. The van der Waals surface area contributed by atoms with Crippen LogP contribution in [0.1, 0.15) is 36.1 Å².